The smallest absolute Gasteiger partial charge is 0.160 e. The van der Waals surface area contributed by atoms with Crippen molar-refractivity contribution in [1.29, 1.82) is 0 Å². The first-order valence-electron chi connectivity index (χ1n) is 6.62. The van der Waals surface area contributed by atoms with Gasteiger partial charge in [0.15, 0.2) is 11.6 Å². The number of benzene rings is 2. The van der Waals surface area contributed by atoms with Crippen LogP contribution in [0.25, 0.3) is 0 Å². The largest absolute Gasteiger partial charge is 0.312 e. The summed E-state index contributed by atoms with van der Waals surface area (Å²) in [7, 11) is 0.342. The molecule has 0 saturated heterocycles. The van der Waals surface area contributed by atoms with Gasteiger partial charge in [-0.25, -0.2) is 8.78 Å². The van der Waals surface area contributed by atoms with Gasteiger partial charge >= 0.3 is 0 Å². The second kappa shape index (κ2) is 6.91. The molecule has 0 heterocycles. The molecule has 3 unspecified atom stereocenters. The molecule has 2 aromatic carbocycles. The molecular weight excluding hydrogens is 292 g/mol. The summed E-state index contributed by atoms with van der Waals surface area (Å²) < 4.78 is 38.8. The van der Waals surface area contributed by atoms with Crippen LogP contribution >= 0.6 is 0 Å². The molecule has 0 fully saturated rings. The Hall–Kier alpha value is -1.59. The molecule has 0 radical (unpaired) electrons. The maximum atomic E-state index is 13.3. The lowest BCUT2D eigenvalue weighted by Gasteiger charge is -2.23. The molecule has 0 amide bonds. The van der Waals surface area contributed by atoms with Crippen molar-refractivity contribution in [3.05, 3.63) is 65.7 Å². The molecule has 0 aliphatic carbocycles. The number of halogens is 2. The number of hydrogen-bond donors (Lipinski definition) is 1. The van der Waals surface area contributed by atoms with Gasteiger partial charge in [0.2, 0.25) is 0 Å². The molecule has 5 heteroatoms. The number of hydrogen-bond acceptors (Lipinski definition) is 2. The van der Waals surface area contributed by atoms with Crippen LogP contribution in [-0.4, -0.2) is 16.5 Å². The van der Waals surface area contributed by atoms with Crippen molar-refractivity contribution >= 4 is 10.8 Å². The topological polar surface area (TPSA) is 29.1 Å². The first-order valence-corrected chi connectivity index (χ1v) is 7.83. The fraction of sp³-hybridized carbons (Fsp3) is 0.250. The van der Waals surface area contributed by atoms with Crippen molar-refractivity contribution in [1.82, 2.24) is 5.32 Å². The van der Waals surface area contributed by atoms with Crippen LogP contribution in [0, 0.1) is 11.6 Å². The molecule has 0 aromatic heterocycles. The molecule has 0 saturated carbocycles. The molecule has 112 valence electrons. The van der Waals surface area contributed by atoms with E-state index < -0.39 is 22.4 Å². The highest BCUT2D eigenvalue weighted by Crippen LogP contribution is 2.24. The summed E-state index contributed by atoms with van der Waals surface area (Å²) >= 11 is 0. The predicted octanol–water partition coefficient (Wildman–Crippen LogP) is 3.42. The van der Waals surface area contributed by atoms with Crippen LogP contribution in [0.5, 0.6) is 0 Å². The Morgan fingerprint density at radius 2 is 1.71 bits per heavy atom. The molecule has 2 nitrogen and oxygen atoms in total. The summed E-state index contributed by atoms with van der Waals surface area (Å²) in [5, 5.41) is 2.84. The van der Waals surface area contributed by atoms with E-state index >= 15 is 0 Å². The zero-order valence-electron chi connectivity index (χ0n) is 11.8. The average molecular weight is 309 g/mol. The molecule has 2 rings (SSSR count). The Balaban J connectivity index is 2.26. The van der Waals surface area contributed by atoms with Gasteiger partial charge in [-0.1, -0.05) is 30.3 Å². The zero-order chi connectivity index (χ0) is 15.4. The summed E-state index contributed by atoms with van der Waals surface area (Å²) in [5.74, 6) is -1.91. The minimum absolute atomic E-state index is 0.139. The van der Waals surface area contributed by atoms with Crippen molar-refractivity contribution in [2.45, 2.75) is 23.1 Å². The van der Waals surface area contributed by atoms with Crippen LogP contribution in [0.2, 0.25) is 0 Å². The van der Waals surface area contributed by atoms with Gasteiger partial charge in [-0.3, -0.25) is 4.21 Å². The minimum Gasteiger partial charge on any atom is -0.312 e. The highest BCUT2D eigenvalue weighted by molar-refractivity contribution is 7.85. The lowest BCUT2D eigenvalue weighted by molar-refractivity contribution is 0.505. The maximum absolute atomic E-state index is 13.3. The van der Waals surface area contributed by atoms with Crippen LogP contribution in [-0.2, 0) is 10.8 Å². The lowest BCUT2D eigenvalue weighted by Crippen LogP contribution is -2.30. The fourth-order valence-electron chi connectivity index (χ4n) is 2.27. The highest BCUT2D eigenvalue weighted by Gasteiger charge is 2.24. The third-order valence-electron chi connectivity index (χ3n) is 3.40. The van der Waals surface area contributed by atoms with Gasteiger partial charge in [0.1, 0.15) is 0 Å². The molecule has 0 aliphatic heterocycles. The van der Waals surface area contributed by atoms with E-state index in [9.17, 15) is 13.0 Å². The molecule has 3 atom stereocenters. The van der Waals surface area contributed by atoms with Crippen LogP contribution < -0.4 is 5.32 Å². The first-order chi connectivity index (χ1) is 10.0. The van der Waals surface area contributed by atoms with E-state index in [1.54, 1.807) is 7.05 Å². The Labute approximate surface area is 125 Å². The lowest BCUT2D eigenvalue weighted by atomic mass is 10.0. The molecule has 0 bridgehead atoms. The minimum atomic E-state index is -1.45. The Morgan fingerprint density at radius 3 is 2.29 bits per heavy atom. The van der Waals surface area contributed by atoms with Crippen molar-refractivity contribution in [3.8, 4) is 0 Å². The van der Waals surface area contributed by atoms with Crippen LogP contribution in [0.1, 0.15) is 18.5 Å². The van der Waals surface area contributed by atoms with E-state index in [4.69, 9.17) is 0 Å². The van der Waals surface area contributed by atoms with Crippen LogP contribution in [0.15, 0.2) is 53.4 Å². The summed E-state index contributed by atoms with van der Waals surface area (Å²) in [5.41, 5.74) is 1.00. The van der Waals surface area contributed by atoms with Crippen molar-refractivity contribution in [3.63, 3.8) is 0 Å². The second-order valence-corrected chi connectivity index (χ2v) is 6.57. The fourth-order valence-corrected chi connectivity index (χ4v) is 3.66. The monoisotopic (exact) mass is 309 g/mol. The zero-order valence-corrected chi connectivity index (χ0v) is 12.7. The van der Waals surface area contributed by atoms with Crippen molar-refractivity contribution < 1.29 is 13.0 Å². The van der Waals surface area contributed by atoms with E-state index in [1.165, 1.54) is 6.07 Å². The second-order valence-electron chi connectivity index (χ2n) is 4.76. The molecule has 0 spiro atoms. The van der Waals surface area contributed by atoms with E-state index in [0.717, 1.165) is 17.7 Å². The molecule has 21 heavy (non-hydrogen) atoms. The molecule has 0 aliphatic rings. The van der Waals surface area contributed by atoms with Crippen LogP contribution in [0.3, 0.4) is 0 Å². The standard InChI is InChI=1S/C16H17F2NOS/c1-11(16(19-2)12-6-4-3-5-7-12)21(20)13-8-9-14(17)15(18)10-13/h3-11,16,19H,1-2H3. The highest BCUT2D eigenvalue weighted by atomic mass is 32.2. The molecule has 2 aromatic rings. The SMILES string of the molecule is CNC(c1ccccc1)C(C)S(=O)c1ccc(F)c(F)c1. The van der Waals surface area contributed by atoms with Gasteiger partial charge in [-0.05, 0) is 37.7 Å². The van der Waals surface area contributed by atoms with Gasteiger partial charge in [0.25, 0.3) is 0 Å². The van der Waals surface area contributed by atoms with E-state index in [-0.39, 0.29) is 16.2 Å². The summed E-state index contributed by atoms with van der Waals surface area (Å²) in [4.78, 5) is 0.289. The third-order valence-corrected chi connectivity index (χ3v) is 5.07. The van der Waals surface area contributed by atoms with Gasteiger partial charge in [0, 0.05) is 10.9 Å². The summed E-state index contributed by atoms with van der Waals surface area (Å²) in [6.07, 6.45) is 0. The van der Waals surface area contributed by atoms with Crippen molar-refractivity contribution in [2.75, 3.05) is 7.05 Å². The van der Waals surface area contributed by atoms with Gasteiger partial charge in [-0.15, -0.1) is 0 Å². The third kappa shape index (κ3) is 3.54. The Morgan fingerprint density at radius 1 is 1.05 bits per heavy atom. The Bertz CT molecular complexity index is 633. The van der Waals surface area contributed by atoms with Crippen molar-refractivity contribution in [2.24, 2.45) is 0 Å². The quantitative estimate of drug-likeness (QED) is 0.917. The number of nitrogens with one attached hydrogen (secondary N) is 1. The summed E-state index contributed by atoms with van der Waals surface area (Å²) in [6, 6.07) is 12.8. The summed E-state index contributed by atoms with van der Waals surface area (Å²) in [6.45, 7) is 1.82. The normalized spacial score (nSPS) is 15.4. The van der Waals surface area contributed by atoms with E-state index in [2.05, 4.69) is 5.32 Å². The van der Waals surface area contributed by atoms with Gasteiger partial charge < -0.3 is 5.32 Å². The predicted molar refractivity (Wildman–Crippen MR) is 80.5 cm³/mol. The van der Waals surface area contributed by atoms with Gasteiger partial charge in [0.05, 0.1) is 16.0 Å². The van der Waals surface area contributed by atoms with E-state index in [1.807, 2.05) is 37.3 Å². The average Bonchev–Trinajstić information content (AvgIpc) is 2.51. The molecule has 1 N–H and O–H groups in total. The first kappa shape index (κ1) is 15.8. The molecular formula is C16H17F2NOS. The van der Waals surface area contributed by atoms with E-state index in [0.29, 0.717) is 0 Å². The van der Waals surface area contributed by atoms with Gasteiger partial charge in [-0.2, -0.15) is 0 Å². The van der Waals surface area contributed by atoms with Crippen LogP contribution in [0.4, 0.5) is 8.78 Å². The Kier molecular flexibility index (Phi) is 5.20. The number of rotatable bonds is 5. The maximum Gasteiger partial charge on any atom is 0.160 e.